The number of benzene rings is 9. The zero-order chi connectivity index (χ0) is 42.6. The molecule has 64 heavy (non-hydrogen) atoms. The van der Waals surface area contributed by atoms with Gasteiger partial charge in [0.05, 0.1) is 39.0 Å². The molecule has 0 saturated heterocycles. The van der Waals surface area contributed by atoms with Crippen molar-refractivity contribution in [3.8, 4) is 73.1 Å². The lowest BCUT2D eigenvalue weighted by Gasteiger charge is -2.19. The van der Waals surface area contributed by atoms with E-state index in [2.05, 4.69) is 239 Å². The summed E-state index contributed by atoms with van der Waals surface area (Å²) in [4.78, 5) is 4.43. The van der Waals surface area contributed by atoms with E-state index in [0.29, 0.717) is 5.56 Å². The predicted octanol–water partition coefficient (Wildman–Crippen LogP) is 15.5. The van der Waals surface area contributed by atoms with Gasteiger partial charge in [0.25, 0.3) is 0 Å². The highest BCUT2D eigenvalue weighted by molar-refractivity contribution is 6.12. The molecule has 4 nitrogen and oxygen atoms in total. The molecule has 0 atom stereocenters. The van der Waals surface area contributed by atoms with E-state index in [4.69, 9.17) is 0 Å². The summed E-state index contributed by atoms with van der Waals surface area (Å²) in [6.45, 7) is 0. The van der Waals surface area contributed by atoms with Crippen LogP contribution in [0.15, 0.2) is 231 Å². The van der Waals surface area contributed by atoms with E-state index >= 15 is 0 Å². The topological polar surface area (TPSA) is 46.5 Å². The summed E-state index contributed by atoms with van der Waals surface area (Å²) in [5, 5.41) is 15.9. The SMILES string of the molecule is N#Cc1cc(-n2c3ccccc3c3ccc(-c4ccccc4-c4ccccc4)cc32)c(-c2ccncc2)cc1-n1c2ccccc2c2ccc(-c3ccccc3-c3ccccc3)cc21. The van der Waals surface area contributed by atoms with Gasteiger partial charge in [-0.3, -0.25) is 4.98 Å². The third-order valence-corrected chi connectivity index (χ3v) is 12.7. The molecule has 3 aromatic heterocycles. The van der Waals surface area contributed by atoms with Crippen LogP contribution in [0.25, 0.3) is 111 Å². The van der Waals surface area contributed by atoms with Crippen LogP contribution in [0.3, 0.4) is 0 Å². The summed E-state index contributed by atoms with van der Waals surface area (Å²) in [7, 11) is 0. The van der Waals surface area contributed by atoms with Crippen LogP contribution in [-0.2, 0) is 0 Å². The largest absolute Gasteiger partial charge is 0.309 e. The number of nitriles is 1. The van der Waals surface area contributed by atoms with Gasteiger partial charge in [-0.2, -0.15) is 5.26 Å². The fourth-order valence-electron chi connectivity index (χ4n) is 9.80. The molecule has 12 aromatic rings. The molecule has 0 unspecified atom stereocenters. The molecular weight excluding hydrogens is 777 g/mol. The summed E-state index contributed by atoms with van der Waals surface area (Å²) >= 11 is 0. The number of rotatable bonds is 7. The molecule has 298 valence electrons. The Morgan fingerprint density at radius 3 is 1.22 bits per heavy atom. The lowest BCUT2D eigenvalue weighted by atomic mass is 9.94. The molecule has 0 aliphatic carbocycles. The normalized spacial score (nSPS) is 11.4. The Morgan fingerprint density at radius 2 is 0.719 bits per heavy atom. The standard InChI is InChI=1S/C60H38N4/c61-39-45-37-60(64-56-26-14-12-24-51(56)53-30-28-44(36-59(53)64)49-22-10-8-20-47(49)41-17-5-2-6-18-41)54(42-31-33-62-34-32-42)38-57(45)63-55-25-13-11-23-50(55)52-29-27-43(35-58(52)63)48-21-9-7-19-46(48)40-15-3-1-4-16-40/h1-38H. The molecule has 4 heteroatoms. The number of para-hydroxylation sites is 2. The Bertz CT molecular complexity index is 3780. The first-order chi connectivity index (χ1) is 31.7. The summed E-state index contributed by atoms with van der Waals surface area (Å²) in [5.74, 6) is 0. The Labute approximate surface area is 370 Å². The Morgan fingerprint density at radius 1 is 0.312 bits per heavy atom. The minimum absolute atomic E-state index is 0.571. The maximum absolute atomic E-state index is 11.3. The average Bonchev–Trinajstić information content (AvgIpc) is 3.88. The zero-order valence-electron chi connectivity index (χ0n) is 34.7. The van der Waals surface area contributed by atoms with Crippen molar-refractivity contribution in [1.82, 2.24) is 14.1 Å². The maximum Gasteiger partial charge on any atom is 0.101 e. The van der Waals surface area contributed by atoms with Crippen LogP contribution in [0, 0.1) is 11.3 Å². The fourth-order valence-corrected chi connectivity index (χ4v) is 9.80. The first-order valence-corrected chi connectivity index (χ1v) is 21.6. The third-order valence-electron chi connectivity index (χ3n) is 12.7. The van der Waals surface area contributed by atoms with E-state index in [-0.39, 0.29) is 0 Å². The second kappa shape index (κ2) is 15.3. The zero-order valence-corrected chi connectivity index (χ0v) is 34.7. The Kier molecular flexibility index (Phi) is 8.84. The minimum atomic E-state index is 0.571. The van der Waals surface area contributed by atoms with Crippen LogP contribution in [0.1, 0.15) is 5.56 Å². The van der Waals surface area contributed by atoms with E-state index < -0.39 is 0 Å². The highest BCUT2D eigenvalue weighted by Crippen LogP contribution is 2.43. The van der Waals surface area contributed by atoms with E-state index in [0.717, 1.165) is 88.4 Å². The van der Waals surface area contributed by atoms with E-state index in [9.17, 15) is 5.26 Å². The van der Waals surface area contributed by atoms with Gasteiger partial charge < -0.3 is 9.13 Å². The molecule has 0 amide bonds. The van der Waals surface area contributed by atoms with Crippen LogP contribution < -0.4 is 0 Å². The molecule has 9 aromatic carbocycles. The minimum Gasteiger partial charge on any atom is -0.309 e. The quantitative estimate of drug-likeness (QED) is 0.161. The van der Waals surface area contributed by atoms with Crippen LogP contribution >= 0.6 is 0 Å². The van der Waals surface area contributed by atoms with Gasteiger partial charge in [-0.25, -0.2) is 0 Å². The number of pyridine rings is 1. The van der Waals surface area contributed by atoms with E-state index in [1.165, 1.54) is 22.3 Å². The average molecular weight is 815 g/mol. The van der Waals surface area contributed by atoms with Gasteiger partial charge in [0.1, 0.15) is 6.07 Å². The summed E-state index contributed by atoms with van der Waals surface area (Å²) in [6, 6.07) is 80.1. The van der Waals surface area contributed by atoms with Gasteiger partial charge in [-0.15, -0.1) is 0 Å². The van der Waals surface area contributed by atoms with E-state index in [1.807, 2.05) is 12.4 Å². The van der Waals surface area contributed by atoms with Crippen molar-refractivity contribution >= 4 is 43.6 Å². The lowest BCUT2D eigenvalue weighted by molar-refractivity contribution is 1.13. The van der Waals surface area contributed by atoms with Gasteiger partial charge in [-0.05, 0) is 98.6 Å². The van der Waals surface area contributed by atoms with E-state index in [1.54, 1.807) is 0 Å². The van der Waals surface area contributed by atoms with Crippen LogP contribution in [0.2, 0.25) is 0 Å². The van der Waals surface area contributed by atoms with Gasteiger partial charge in [0.15, 0.2) is 0 Å². The molecule has 0 fully saturated rings. The monoisotopic (exact) mass is 814 g/mol. The molecule has 0 saturated carbocycles. The molecule has 0 spiro atoms. The predicted molar refractivity (Wildman–Crippen MR) is 265 cm³/mol. The molecule has 12 rings (SSSR count). The van der Waals surface area contributed by atoms with Crippen molar-refractivity contribution in [3.05, 3.63) is 236 Å². The first kappa shape index (κ1) is 37.0. The molecule has 0 bridgehead atoms. The van der Waals surface area contributed by atoms with Crippen molar-refractivity contribution in [2.24, 2.45) is 0 Å². The van der Waals surface area contributed by atoms with Crippen LogP contribution in [-0.4, -0.2) is 14.1 Å². The highest BCUT2D eigenvalue weighted by Gasteiger charge is 2.23. The van der Waals surface area contributed by atoms with Crippen molar-refractivity contribution in [3.63, 3.8) is 0 Å². The van der Waals surface area contributed by atoms with Crippen molar-refractivity contribution < 1.29 is 0 Å². The van der Waals surface area contributed by atoms with Crippen LogP contribution in [0.5, 0.6) is 0 Å². The molecule has 0 N–H and O–H groups in total. The second-order valence-corrected chi connectivity index (χ2v) is 16.2. The molecular formula is C60H38N4. The fraction of sp³-hybridized carbons (Fsp3) is 0. The first-order valence-electron chi connectivity index (χ1n) is 21.6. The number of aromatic nitrogens is 3. The Hall–Kier alpha value is -8.78. The van der Waals surface area contributed by atoms with Crippen molar-refractivity contribution in [2.45, 2.75) is 0 Å². The molecule has 0 radical (unpaired) electrons. The summed E-state index contributed by atoms with van der Waals surface area (Å²) in [6.07, 6.45) is 3.69. The highest BCUT2D eigenvalue weighted by atomic mass is 15.0. The van der Waals surface area contributed by atoms with Gasteiger partial charge >= 0.3 is 0 Å². The number of hydrogen-bond donors (Lipinski definition) is 0. The lowest BCUT2D eigenvalue weighted by Crippen LogP contribution is -2.04. The summed E-state index contributed by atoms with van der Waals surface area (Å²) in [5.41, 5.74) is 17.7. The molecule has 0 aliphatic heterocycles. The summed E-state index contributed by atoms with van der Waals surface area (Å²) < 4.78 is 4.64. The smallest absolute Gasteiger partial charge is 0.101 e. The number of fused-ring (bicyclic) bond motifs is 6. The van der Waals surface area contributed by atoms with Crippen molar-refractivity contribution in [2.75, 3.05) is 0 Å². The number of hydrogen-bond acceptors (Lipinski definition) is 2. The second-order valence-electron chi connectivity index (χ2n) is 16.2. The van der Waals surface area contributed by atoms with Crippen molar-refractivity contribution in [1.29, 1.82) is 5.26 Å². The molecule has 3 heterocycles. The molecule has 0 aliphatic rings. The van der Waals surface area contributed by atoms with Crippen LogP contribution in [0.4, 0.5) is 0 Å². The van der Waals surface area contributed by atoms with Gasteiger partial charge in [-0.1, -0.05) is 170 Å². The number of nitrogens with zero attached hydrogens (tertiary/aromatic N) is 4. The Balaban J connectivity index is 1.13. The third kappa shape index (κ3) is 6.02. The maximum atomic E-state index is 11.3. The van der Waals surface area contributed by atoms with Gasteiger partial charge in [0.2, 0.25) is 0 Å². The van der Waals surface area contributed by atoms with Gasteiger partial charge in [0, 0.05) is 39.5 Å².